The van der Waals surface area contributed by atoms with Crippen LogP contribution in [-0.2, 0) is 0 Å². The van der Waals surface area contributed by atoms with E-state index in [0.29, 0.717) is 6.04 Å². The molecule has 1 fully saturated rings. The number of hydrogen-bond donors (Lipinski definition) is 2. The van der Waals surface area contributed by atoms with Crippen molar-refractivity contribution in [2.75, 3.05) is 6.54 Å². The van der Waals surface area contributed by atoms with E-state index in [1.54, 1.807) is 0 Å². The van der Waals surface area contributed by atoms with Crippen LogP contribution in [0.1, 0.15) is 52.4 Å². The zero-order valence-electron chi connectivity index (χ0n) is 9.10. The van der Waals surface area contributed by atoms with Gasteiger partial charge in [0.15, 0.2) is 0 Å². The highest BCUT2D eigenvalue weighted by Crippen LogP contribution is 2.26. The fourth-order valence-corrected chi connectivity index (χ4v) is 2.43. The molecule has 0 aromatic carbocycles. The molecule has 0 bridgehead atoms. The van der Waals surface area contributed by atoms with Gasteiger partial charge in [-0.05, 0) is 12.8 Å². The fraction of sp³-hybridized carbons (Fsp3) is 1.00. The van der Waals surface area contributed by atoms with Gasteiger partial charge in [0, 0.05) is 18.1 Å². The quantitative estimate of drug-likeness (QED) is 0.659. The SMILES string of the molecule is CC(C)NC1(CN)CCCCCC1. The molecule has 0 amide bonds. The number of hydrogen-bond acceptors (Lipinski definition) is 2. The minimum absolute atomic E-state index is 0.255. The summed E-state index contributed by atoms with van der Waals surface area (Å²) in [7, 11) is 0. The summed E-state index contributed by atoms with van der Waals surface area (Å²) in [5.41, 5.74) is 6.15. The summed E-state index contributed by atoms with van der Waals surface area (Å²) in [5, 5.41) is 3.66. The third kappa shape index (κ3) is 3.28. The van der Waals surface area contributed by atoms with Gasteiger partial charge in [0.1, 0.15) is 0 Å². The van der Waals surface area contributed by atoms with Crippen molar-refractivity contribution >= 4 is 0 Å². The Morgan fingerprint density at radius 2 is 1.69 bits per heavy atom. The summed E-state index contributed by atoms with van der Waals surface area (Å²) >= 11 is 0. The molecule has 0 radical (unpaired) electrons. The standard InChI is InChI=1S/C11H24N2/c1-10(2)13-11(9-12)7-5-3-4-6-8-11/h10,13H,3-9,12H2,1-2H3. The molecule has 3 N–H and O–H groups in total. The van der Waals surface area contributed by atoms with Gasteiger partial charge in [0.05, 0.1) is 0 Å². The number of rotatable bonds is 3. The molecule has 1 saturated carbocycles. The summed E-state index contributed by atoms with van der Waals surface area (Å²) < 4.78 is 0. The van der Waals surface area contributed by atoms with Gasteiger partial charge < -0.3 is 11.1 Å². The van der Waals surface area contributed by atoms with Crippen LogP contribution in [0, 0.1) is 0 Å². The van der Waals surface area contributed by atoms with Crippen molar-refractivity contribution < 1.29 is 0 Å². The first kappa shape index (κ1) is 11.0. The molecule has 0 aliphatic heterocycles. The second-order valence-electron chi connectivity index (χ2n) is 4.70. The Hall–Kier alpha value is -0.0800. The van der Waals surface area contributed by atoms with Crippen molar-refractivity contribution in [1.82, 2.24) is 5.32 Å². The van der Waals surface area contributed by atoms with Crippen LogP contribution >= 0.6 is 0 Å². The molecular formula is C11H24N2. The smallest absolute Gasteiger partial charge is 0.0306 e. The van der Waals surface area contributed by atoms with Crippen molar-refractivity contribution in [1.29, 1.82) is 0 Å². The van der Waals surface area contributed by atoms with Crippen molar-refractivity contribution in [2.24, 2.45) is 5.73 Å². The Labute approximate surface area is 82.3 Å². The Morgan fingerprint density at radius 3 is 2.08 bits per heavy atom. The van der Waals surface area contributed by atoms with Gasteiger partial charge in [-0.2, -0.15) is 0 Å². The maximum Gasteiger partial charge on any atom is 0.0306 e. The number of nitrogens with two attached hydrogens (primary N) is 1. The maximum atomic E-state index is 5.89. The van der Waals surface area contributed by atoms with E-state index >= 15 is 0 Å². The molecule has 0 saturated heterocycles. The van der Waals surface area contributed by atoms with E-state index in [4.69, 9.17) is 5.73 Å². The molecule has 13 heavy (non-hydrogen) atoms. The van der Waals surface area contributed by atoms with Gasteiger partial charge >= 0.3 is 0 Å². The molecule has 1 rings (SSSR count). The average molecular weight is 184 g/mol. The largest absolute Gasteiger partial charge is 0.329 e. The first-order valence-electron chi connectivity index (χ1n) is 5.66. The first-order valence-corrected chi connectivity index (χ1v) is 5.66. The number of nitrogens with one attached hydrogen (secondary N) is 1. The van der Waals surface area contributed by atoms with Crippen molar-refractivity contribution in [3.05, 3.63) is 0 Å². The molecule has 0 unspecified atom stereocenters. The van der Waals surface area contributed by atoms with Crippen LogP contribution in [0.2, 0.25) is 0 Å². The van der Waals surface area contributed by atoms with Crippen LogP contribution in [-0.4, -0.2) is 18.1 Å². The monoisotopic (exact) mass is 184 g/mol. The zero-order valence-corrected chi connectivity index (χ0v) is 9.10. The Kier molecular flexibility index (Phi) is 4.20. The minimum atomic E-state index is 0.255. The van der Waals surface area contributed by atoms with E-state index in [1.807, 2.05) is 0 Å². The normalized spacial score (nSPS) is 23.1. The lowest BCUT2D eigenvalue weighted by Crippen LogP contribution is -2.53. The van der Waals surface area contributed by atoms with E-state index in [2.05, 4.69) is 19.2 Å². The van der Waals surface area contributed by atoms with E-state index < -0.39 is 0 Å². The van der Waals surface area contributed by atoms with Crippen LogP contribution in [0.4, 0.5) is 0 Å². The summed E-state index contributed by atoms with van der Waals surface area (Å²) in [6.45, 7) is 5.22. The molecule has 1 aliphatic carbocycles. The molecule has 0 aromatic rings. The Morgan fingerprint density at radius 1 is 1.15 bits per heavy atom. The fourth-order valence-electron chi connectivity index (χ4n) is 2.43. The minimum Gasteiger partial charge on any atom is -0.329 e. The van der Waals surface area contributed by atoms with Crippen LogP contribution in [0.25, 0.3) is 0 Å². The predicted octanol–water partition coefficient (Wildman–Crippen LogP) is 2.04. The Balaban J connectivity index is 2.53. The van der Waals surface area contributed by atoms with E-state index in [9.17, 15) is 0 Å². The highest BCUT2D eigenvalue weighted by atomic mass is 15.0. The van der Waals surface area contributed by atoms with Crippen LogP contribution in [0.3, 0.4) is 0 Å². The molecule has 0 atom stereocenters. The van der Waals surface area contributed by atoms with Gasteiger partial charge in [-0.1, -0.05) is 39.5 Å². The van der Waals surface area contributed by atoms with Crippen LogP contribution < -0.4 is 11.1 Å². The molecule has 1 aliphatic rings. The maximum absolute atomic E-state index is 5.89. The van der Waals surface area contributed by atoms with Gasteiger partial charge in [0.2, 0.25) is 0 Å². The van der Waals surface area contributed by atoms with E-state index in [0.717, 1.165) is 6.54 Å². The lowest BCUT2D eigenvalue weighted by atomic mass is 9.89. The topological polar surface area (TPSA) is 38.0 Å². The molecule has 2 nitrogen and oxygen atoms in total. The van der Waals surface area contributed by atoms with Gasteiger partial charge in [-0.15, -0.1) is 0 Å². The van der Waals surface area contributed by atoms with E-state index in [1.165, 1.54) is 38.5 Å². The summed E-state index contributed by atoms with van der Waals surface area (Å²) in [6.07, 6.45) is 8.00. The second kappa shape index (κ2) is 4.97. The Bertz CT molecular complexity index is 135. The van der Waals surface area contributed by atoms with Crippen LogP contribution in [0.15, 0.2) is 0 Å². The average Bonchev–Trinajstić information content (AvgIpc) is 2.30. The van der Waals surface area contributed by atoms with Crippen molar-refractivity contribution in [3.8, 4) is 0 Å². The van der Waals surface area contributed by atoms with Crippen molar-refractivity contribution in [3.63, 3.8) is 0 Å². The predicted molar refractivity (Wildman–Crippen MR) is 57.8 cm³/mol. The lowest BCUT2D eigenvalue weighted by Gasteiger charge is -2.34. The van der Waals surface area contributed by atoms with Crippen molar-refractivity contribution in [2.45, 2.75) is 64.0 Å². The van der Waals surface area contributed by atoms with Gasteiger partial charge in [0.25, 0.3) is 0 Å². The second-order valence-corrected chi connectivity index (χ2v) is 4.70. The first-order chi connectivity index (χ1) is 6.18. The van der Waals surface area contributed by atoms with Gasteiger partial charge in [-0.3, -0.25) is 0 Å². The lowest BCUT2D eigenvalue weighted by molar-refractivity contribution is 0.271. The molecule has 78 valence electrons. The summed E-state index contributed by atoms with van der Waals surface area (Å²) in [4.78, 5) is 0. The third-order valence-electron chi connectivity index (χ3n) is 3.05. The molecule has 0 spiro atoms. The zero-order chi connectivity index (χ0) is 9.73. The van der Waals surface area contributed by atoms with E-state index in [-0.39, 0.29) is 5.54 Å². The molecule has 2 heteroatoms. The highest BCUT2D eigenvalue weighted by Gasteiger charge is 2.29. The van der Waals surface area contributed by atoms with Gasteiger partial charge in [-0.25, -0.2) is 0 Å². The summed E-state index contributed by atoms with van der Waals surface area (Å²) in [5.74, 6) is 0. The molecular weight excluding hydrogens is 160 g/mol. The third-order valence-corrected chi connectivity index (χ3v) is 3.05. The molecule has 0 heterocycles. The highest BCUT2D eigenvalue weighted by molar-refractivity contribution is 4.91. The summed E-state index contributed by atoms with van der Waals surface area (Å²) in [6, 6.07) is 0.557. The van der Waals surface area contributed by atoms with Crippen LogP contribution in [0.5, 0.6) is 0 Å². The molecule has 0 aromatic heterocycles.